The molecule has 1 amide bonds. The van der Waals surface area contributed by atoms with Gasteiger partial charge in [-0.2, -0.15) is 0 Å². The van der Waals surface area contributed by atoms with Crippen molar-refractivity contribution in [3.05, 3.63) is 47.2 Å². The minimum atomic E-state index is -0.287. The number of carbonyl (C=O) groups is 1. The Bertz CT molecular complexity index is 689. The number of anilines is 1. The number of hydrogen-bond acceptors (Lipinski definition) is 5. The van der Waals surface area contributed by atoms with E-state index in [9.17, 15) is 4.79 Å². The first-order valence-electron chi connectivity index (χ1n) is 6.24. The lowest BCUT2D eigenvalue weighted by Crippen LogP contribution is -2.26. The summed E-state index contributed by atoms with van der Waals surface area (Å²) in [4.78, 5) is 17.9. The number of rotatable bonds is 3. The van der Waals surface area contributed by atoms with Crippen LogP contribution in [0.3, 0.4) is 0 Å². The molecule has 3 N–H and O–H groups in total. The van der Waals surface area contributed by atoms with Gasteiger partial charge in [0.1, 0.15) is 0 Å². The van der Waals surface area contributed by atoms with E-state index in [0.717, 1.165) is 0 Å². The second kappa shape index (κ2) is 5.66. The molecule has 110 valence electrons. The molecule has 0 atom stereocenters. The third-order valence-electron chi connectivity index (χ3n) is 3.06. The van der Waals surface area contributed by atoms with Crippen LogP contribution in [0.2, 0.25) is 0 Å². The van der Waals surface area contributed by atoms with E-state index in [1.165, 1.54) is 4.90 Å². The predicted molar refractivity (Wildman–Crippen MR) is 77.7 cm³/mol. The minimum absolute atomic E-state index is 0.0113. The summed E-state index contributed by atoms with van der Waals surface area (Å²) in [6.07, 6.45) is 0. The lowest BCUT2D eigenvalue weighted by Gasteiger charge is -2.16. The van der Waals surface area contributed by atoms with Crippen LogP contribution < -0.4 is 10.6 Å². The standard InChI is InChI=1S/C14H16N4O3/c1-8-12(21-9(2)16-8)14(19)18(3)11-6-4-10(5-7-11)13(15)17-20/h4-7,20H,1-3H3,(H2,15,17). The summed E-state index contributed by atoms with van der Waals surface area (Å²) in [5.41, 5.74) is 7.26. The summed E-state index contributed by atoms with van der Waals surface area (Å²) >= 11 is 0. The summed E-state index contributed by atoms with van der Waals surface area (Å²) in [7, 11) is 1.64. The summed E-state index contributed by atoms with van der Waals surface area (Å²) in [5.74, 6) is 0.393. The Morgan fingerprint density at radius 2 is 1.95 bits per heavy atom. The van der Waals surface area contributed by atoms with Crippen molar-refractivity contribution in [2.75, 3.05) is 11.9 Å². The number of aryl methyl sites for hydroxylation is 2. The average Bonchev–Trinajstić information content (AvgIpc) is 2.83. The molecule has 0 saturated carbocycles. The molecule has 1 aromatic carbocycles. The van der Waals surface area contributed by atoms with Crippen molar-refractivity contribution in [3.63, 3.8) is 0 Å². The van der Waals surface area contributed by atoms with Crippen LogP contribution in [0.4, 0.5) is 5.69 Å². The van der Waals surface area contributed by atoms with Crippen LogP contribution >= 0.6 is 0 Å². The quantitative estimate of drug-likeness (QED) is 0.387. The van der Waals surface area contributed by atoms with Crippen LogP contribution in [0.25, 0.3) is 0 Å². The molecule has 21 heavy (non-hydrogen) atoms. The second-order valence-electron chi connectivity index (χ2n) is 4.54. The molecule has 0 spiro atoms. The summed E-state index contributed by atoms with van der Waals surface area (Å²) < 4.78 is 5.32. The molecule has 0 aliphatic carbocycles. The number of amides is 1. The normalized spacial score (nSPS) is 11.5. The molecule has 7 nitrogen and oxygen atoms in total. The van der Waals surface area contributed by atoms with Crippen LogP contribution in [-0.2, 0) is 0 Å². The van der Waals surface area contributed by atoms with Gasteiger partial charge >= 0.3 is 0 Å². The van der Waals surface area contributed by atoms with Crippen molar-refractivity contribution >= 4 is 17.4 Å². The van der Waals surface area contributed by atoms with Crippen LogP contribution in [0, 0.1) is 13.8 Å². The number of nitrogens with two attached hydrogens (primary N) is 1. The Balaban J connectivity index is 2.25. The number of oxime groups is 1. The van der Waals surface area contributed by atoms with Gasteiger partial charge in [-0.15, -0.1) is 0 Å². The first kappa shape index (κ1) is 14.6. The van der Waals surface area contributed by atoms with Gasteiger partial charge < -0.3 is 20.3 Å². The molecule has 0 aliphatic heterocycles. The zero-order chi connectivity index (χ0) is 15.6. The van der Waals surface area contributed by atoms with Gasteiger partial charge in [0.05, 0.1) is 5.69 Å². The fourth-order valence-corrected chi connectivity index (χ4v) is 1.91. The van der Waals surface area contributed by atoms with E-state index in [0.29, 0.717) is 22.8 Å². The van der Waals surface area contributed by atoms with Gasteiger partial charge in [0.25, 0.3) is 5.91 Å². The molecule has 0 fully saturated rings. The van der Waals surface area contributed by atoms with E-state index in [1.54, 1.807) is 45.2 Å². The maximum absolute atomic E-state index is 12.4. The molecular weight excluding hydrogens is 272 g/mol. The first-order chi connectivity index (χ1) is 9.93. The fraction of sp³-hybridized carbons (Fsp3) is 0.214. The van der Waals surface area contributed by atoms with Crippen molar-refractivity contribution in [1.29, 1.82) is 0 Å². The Morgan fingerprint density at radius 3 is 2.43 bits per heavy atom. The Labute approximate surface area is 121 Å². The minimum Gasteiger partial charge on any atom is -0.436 e. The highest BCUT2D eigenvalue weighted by molar-refractivity contribution is 6.05. The second-order valence-corrected chi connectivity index (χ2v) is 4.54. The van der Waals surface area contributed by atoms with Gasteiger partial charge in [-0.3, -0.25) is 4.79 Å². The highest BCUT2D eigenvalue weighted by Crippen LogP contribution is 2.19. The molecule has 1 aromatic heterocycles. The van der Waals surface area contributed by atoms with E-state index in [4.69, 9.17) is 15.4 Å². The molecule has 0 radical (unpaired) electrons. The molecule has 2 rings (SSSR count). The van der Waals surface area contributed by atoms with Crippen molar-refractivity contribution in [3.8, 4) is 0 Å². The van der Waals surface area contributed by atoms with Crippen molar-refractivity contribution in [1.82, 2.24) is 4.98 Å². The van der Waals surface area contributed by atoms with Gasteiger partial charge in [-0.1, -0.05) is 5.16 Å². The zero-order valence-electron chi connectivity index (χ0n) is 12.0. The highest BCUT2D eigenvalue weighted by atomic mass is 16.4. The molecule has 0 saturated heterocycles. The maximum atomic E-state index is 12.4. The summed E-state index contributed by atoms with van der Waals surface area (Å²) in [6.45, 7) is 3.41. The topological polar surface area (TPSA) is 105 Å². The van der Waals surface area contributed by atoms with Crippen LogP contribution in [0.15, 0.2) is 33.8 Å². The van der Waals surface area contributed by atoms with E-state index in [1.807, 2.05) is 0 Å². The third-order valence-corrected chi connectivity index (χ3v) is 3.06. The summed E-state index contributed by atoms with van der Waals surface area (Å²) in [6, 6.07) is 6.72. The number of benzene rings is 1. The SMILES string of the molecule is Cc1nc(C)c(C(=O)N(C)c2ccc(/C(N)=N/O)cc2)o1. The smallest absolute Gasteiger partial charge is 0.295 e. The fourth-order valence-electron chi connectivity index (χ4n) is 1.91. The van der Waals surface area contributed by atoms with Gasteiger partial charge in [0.15, 0.2) is 11.7 Å². The molecule has 2 aromatic rings. The first-order valence-corrected chi connectivity index (χ1v) is 6.24. The van der Waals surface area contributed by atoms with E-state index in [2.05, 4.69) is 10.1 Å². The van der Waals surface area contributed by atoms with Gasteiger partial charge in [0, 0.05) is 25.2 Å². The van der Waals surface area contributed by atoms with E-state index in [-0.39, 0.29) is 17.5 Å². The van der Waals surface area contributed by atoms with Crippen LogP contribution in [0.1, 0.15) is 27.7 Å². The molecule has 7 heteroatoms. The van der Waals surface area contributed by atoms with Crippen molar-refractivity contribution in [2.24, 2.45) is 10.9 Å². The van der Waals surface area contributed by atoms with Gasteiger partial charge in [0.2, 0.25) is 5.76 Å². The van der Waals surface area contributed by atoms with Crippen molar-refractivity contribution in [2.45, 2.75) is 13.8 Å². The predicted octanol–water partition coefficient (Wildman–Crippen LogP) is 1.66. The van der Waals surface area contributed by atoms with E-state index < -0.39 is 0 Å². The number of amidine groups is 1. The average molecular weight is 288 g/mol. The Kier molecular flexibility index (Phi) is 3.93. The van der Waals surface area contributed by atoms with Crippen LogP contribution in [0.5, 0.6) is 0 Å². The lowest BCUT2D eigenvalue weighted by atomic mass is 10.2. The number of hydrogen-bond donors (Lipinski definition) is 2. The van der Waals surface area contributed by atoms with Gasteiger partial charge in [-0.25, -0.2) is 4.98 Å². The largest absolute Gasteiger partial charge is 0.436 e. The lowest BCUT2D eigenvalue weighted by molar-refractivity contribution is 0.0964. The maximum Gasteiger partial charge on any atom is 0.295 e. The number of nitrogens with zero attached hydrogens (tertiary/aromatic N) is 3. The van der Waals surface area contributed by atoms with Gasteiger partial charge in [-0.05, 0) is 31.2 Å². The zero-order valence-corrected chi connectivity index (χ0v) is 12.0. The molecular formula is C14H16N4O3. The number of oxazole rings is 1. The molecule has 0 aliphatic rings. The van der Waals surface area contributed by atoms with Crippen LogP contribution in [-0.4, -0.2) is 29.0 Å². The number of aromatic nitrogens is 1. The molecule has 0 unspecified atom stereocenters. The highest BCUT2D eigenvalue weighted by Gasteiger charge is 2.21. The molecule has 0 bridgehead atoms. The Morgan fingerprint density at radius 1 is 1.33 bits per heavy atom. The number of carbonyl (C=O) groups excluding carboxylic acids is 1. The van der Waals surface area contributed by atoms with Crippen molar-refractivity contribution < 1.29 is 14.4 Å². The Hall–Kier alpha value is -2.83. The molecule has 1 heterocycles. The summed E-state index contributed by atoms with van der Waals surface area (Å²) in [5, 5.41) is 11.5. The third kappa shape index (κ3) is 2.86. The monoisotopic (exact) mass is 288 g/mol. The van der Waals surface area contributed by atoms with E-state index >= 15 is 0 Å².